The van der Waals surface area contributed by atoms with E-state index in [1.807, 2.05) is 13.0 Å². The van der Waals surface area contributed by atoms with Crippen LogP contribution >= 0.6 is 0 Å². The third kappa shape index (κ3) is 3.68. The Balaban J connectivity index is 1.22. The number of rotatable bonds is 7. The molecule has 0 atom stereocenters. The van der Waals surface area contributed by atoms with Crippen LogP contribution in [0.1, 0.15) is 55.7 Å². The Morgan fingerprint density at radius 1 is 1.31 bits per heavy atom. The van der Waals surface area contributed by atoms with Crippen molar-refractivity contribution in [3.05, 3.63) is 35.4 Å². The van der Waals surface area contributed by atoms with Crippen molar-refractivity contribution >= 4 is 11.7 Å². The summed E-state index contributed by atoms with van der Waals surface area (Å²) in [5.74, 6) is 1.17. The Morgan fingerprint density at radius 3 is 2.85 bits per heavy atom. The molecule has 0 unspecified atom stereocenters. The van der Waals surface area contributed by atoms with Crippen LogP contribution in [-0.2, 0) is 17.6 Å². The van der Waals surface area contributed by atoms with Gasteiger partial charge in [0, 0.05) is 24.1 Å². The number of nitrogens with one attached hydrogen (secondary N) is 2. The van der Waals surface area contributed by atoms with Crippen LogP contribution in [0.25, 0.3) is 0 Å². The number of aryl methyl sites for hydroxylation is 1. The lowest BCUT2D eigenvalue weighted by Crippen LogP contribution is -2.50. The Morgan fingerprint density at radius 2 is 2.12 bits per heavy atom. The van der Waals surface area contributed by atoms with Crippen LogP contribution in [0.15, 0.2) is 16.9 Å². The third-order valence-corrected chi connectivity index (χ3v) is 4.94. The van der Waals surface area contributed by atoms with Gasteiger partial charge in [-0.05, 0) is 32.1 Å². The molecule has 2 heterocycles. The molecule has 1 amide bonds. The Hall–Kier alpha value is -2.51. The number of carbonyl (C=O) groups is 1. The van der Waals surface area contributed by atoms with Crippen LogP contribution < -0.4 is 10.6 Å². The predicted molar refractivity (Wildman–Crippen MR) is 92.1 cm³/mol. The van der Waals surface area contributed by atoms with Crippen molar-refractivity contribution in [3.63, 3.8) is 0 Å². The fraction of sp³-hybridized carbons (Fsp3) is 0.556. The fourth-order valence-corrected chi connectivity index (χ4v) is 3.22. The van der Waals surface area contributed by atoms with E-state index in [1.54, 1.807) is 0 Å². The molecule has 2 aliphatic carbocycles. The molecule has 0 aliphatic heterocycles. The van der Waals surface area contributed by atoms with E-state index in [0.717, 1.165) is 31.4 Å². The van der Waals surface area contributed by atoms with E-state index in [9.17, 15) is 9.18 Å². The summed E-state index contributed by atoms with van der Waals surface area (Å²) in [6, 6.07) is 2.07. The average molecular weight is 359 g/mol. The maximum Gasteiger partial charge on any atom is 0.226 e. The number of nitrogens with zero attached hydrogens (tertiary/aromatic N) is 3. The standard InChI is InChI=1S/C18H22FN5O2/c1-2-14-17(19)18(21-9-20-14)23-12-5-11(6-12)22-16(25)8-13-7-15(26-24-13)10-3-4-10/h7,9-12H,2-6,8H2,1H3,(H,22,25)(H,20,21,23). The molecule has 0 radical (unpaired) electrons. The molecule has 138 valence electrons. The van der Waals surface area contributed by atoms with Gasteiger partial charge in [-0.25, -0.2) is 14.4 Å². The van der Waals surface area contributed by atoms with Crippen LogP contribution in [-0.4, -0.2) is 33.1 Å². The molecule has 0 aromatic carbocycles. The van der Waals surface area contributed by atoms with Crippen molar-refractivity contribution in [1.29, 1.82) is 0 Å². The van der Waals surface area contributed by atoms with Crippen molar-refractivity contribution in [3.8, 4) is 0 Å². The van der Waals surface area contributed by atoms with Gasteiger partial charge in [-0.15, -0.1) is 0 Å². The average Bonchev–Trinajstić information content (AvgIpc) is 3.34. The normalized spacial score (nSPS) is 21.9. The summed E-state index contributed by atoms with van der Waals surface area (Å²) in [5.41, 5.74) is 1.08. The molecule has 4 rings (SSSR count). The number of aromatic nitrogens is 3. The summed E-state index contributed by atoms with van der Waals surface area (Å²) in [6.07, 6.45) is 5.89. The summed E-state index contributed by atoms with van der Waals surface area (Å²) < 4.78 is 19.4. The zero-order valence-corrected chi connectivity index (χ0v) is 14.7. The van der Waals surface area contributed by atoms with Crippen LogP contribution in [0.5, 0.6) is 0 Å². The number of hydrogen-bond donors (Lipinski definition) is 2. The molecule has 0 spiro atoms. The molecule has 2 aromatic rings. The first-order valence-electron chi connectivity index (χ1n) is 9.13. The molecule has 0 bridgehead atoms. The van der Waals surface area contributed by atoms with Crippen molar-refractivity contribution < 1.29 is 13.7 Å². The highest BCUT2D eigenvalue weighted by Gasteiger charge is 2.32. The molecule has 0 saturated heterocycles. The second kappa shape index (κ2) is 7.01. The summed E-state index contributed by atoms with van der Waals surface area (Å²) >= 11 is 0. The van der Waals surface area contributed by atoms with Crippen LogP contribution in [0, 0.1) is 5.82 Å². The molecule has 8 heteroatoms. The minimum atomic E-state index is -0.389. The van der Waals surface area contributed by atoms with E-state index in [-0.39, 0.29) is 36.0 Å². The molecule has 2 aromatic heterocycles. The number of carbonyl (C=O) groups excluding carboxylic acids is 1. The monoisotopic (exact) mass is 359 g/mol. The maximum atomic E-state index is 14.1. The number of halogens is 1. The molecular formula is C18H22FN5O2. The summed E-state index contributed by atoms with van der Waals surface area (Å²) in [5, 5.41) is 10.0. The van der Waals surface area contributed by atoms with Gasteiger partial charge < -0.3 is 15.2 Å². The topological polar surface area (TPSA) is 92.9 Å². The van der Waals surface area contributed by atoms with Crippen LogP contribution in [0.2, 0.25) is 0 Å². The molecule has 2 N–H and O–H groups in total. The van der Waals surface area contributed by atoms with Crippen molar-refractivity contribution in [1.82, 2.24) is 20.4 Å². The van der Waals surface area contributed by atoms with Gasteiger partial charge in [-0.3, -0.25) is 4.79 Å². The minimum Gasteiger partial charge on any atom is -0.365 e. The zero-order chi connectivity index (χ0) is 18.1. The Bertz CT molecular complexity index is 799. The minimum absolute atomic E-state index is 0.0643. The second-order valence-electron chi connectivity index (χ2n) is 7.09. The summed E-state index contributed by atoms with van der Waals surface area (Å²) in [7, 11) is 0. The SMILES string of the molecule is CCc1ncnc(NC2CC(NC(=O)Cc3cc(C4CC4)on3)C2)c1F. The van der Waals surface area contributed by atoms with Gasteiger partial charge in [-0.1, -0.05) is 12.1 Å². The fourth-order valence-electron chi connectivity index (χ4n) is 3.22. The molecule has 2 saturated carbocycles. The lowest BCUT2D eigenvalue weighted by molar-refractivity contribution is -0.121. The van der Waals surface area contributed by atoms with E-state index in [4.69, 9.17) is 4.52 Å². The molecule has 26 heavy (non-hydrogen) atoms. The second-order valence-corrected chi connectivity index (χ2v) is 7.09. The maximum absolute atomic E-state index is 14.1. The first kappa shape index (κ1) is 16.9. The summed E-state index contributed by atoms with van der Waals surface area (Å²) in [6.45, 7) is 1.85. The lowest BCUT2D eigenvalue weighted by atomic mass is 9.86. The van der Waals surface area contributed by atoms with E-state index < -0.39 is 0 Å². The largest absolute Gasteiger partial charge is 0.365 e. The van der Waals surface area contributed by atoms with Crippen molar-refractivity contribution in [2.24, 2.45) is 0 Å². The van der Waals surface area contributed by atoms with Gasteiger partial charge in [0.05, 0.1) is 17.8 Å². The predicted octanol–water partition coefficient (Wildman–Crippen LogP) is 2.35. The van der Waals surface area contributed by atoms with E-state index in [0.29, 0.717) is 23.7 Å². The van der Waals surface area contributed by atoms with Crippen LogP contribution in [0.3, 0.4) is 0 Å². The van der Waals surface area contributed by atoms with Gasteiger partial charge in [0.25, 0.3) is 0 Å². The van der Waals surface area contributed by atoms with Gasteiger partial charge in [-0.2, -0.15) is 0 Å². The first-order valence-corrected chi connectivity index (χ1v) is 9.13. The highest BCUT2D eigenvalue weighted by atomic mass is 19.1. The van der Waals surface area contributed by atoms with Gasteiger partial charge in [0.15, 0.2) is 11.6 Å². The smallest absolute Gasteiger partial charge is 0.226 e. The third-order valence-electron chi connectivity index (χ3n) is 4.94. The Kier molecular flexibility index (Phi) is 4.57. The quantitative estimate of drug-likeness (QED) is 0.788. The molecule has 7 nitrogen and oxygen atoms in total. The van der Waals surface area contributed by atoms with Crippen molar-refractivity contribution in [2.45, 2.75) is 63.5 Å². The zero-order valence-electron chi connectivity index (χ0n) is 14.7. The number of amides is 1. The highest BCUT2D eigenvalue weighted by molar-refractivity contribution is 5.78. The van der Waals surface area contributed by atoms with E-state index in [2.05, 4.69) is 25.8 Å². The van der Waals surface area contributed by atoms with Crippen molar-refractivity contribution in [2.75, 3.05) is 5.32 Å². The van der Waals surface area contributed by atoms with E-state index >= 15 is 0 Å². The Labute approximate surface area is 150 Å². The number of hydrogen-bond acceptors (Lipinski definition) is 6. The highest BCUT2D eigenvalue weighted by Crippen LogP contribution is 2.40. The van der Waals surface area contributed by atoms with Crippen LogP contribution in [0.4, 0.5) is 10.2 Å². The summed E-state index contributed by atoms with van der Waals surface area (Å²) in [4.78, 5) is 20.0. The lowest BCUT2D eigenvalue weighted by Gasteiger charge is -2.36. The molecule has 2 aliphatic rings. The molecular weight excluding hydrogens is 337 g/mol. The van der Waals surface area contributed by atoms with Gasteiger partial charge in [0.1, 0.15) is 12.1 Å². The first-order chi connectivity index (χ1) is 12.6. The molecule has 2 fully saturated rings. The number of anilines is 1. The van der Waals surface area contributed by atoms with E-state index in [1.165, 1.54) is 6.33 Å². The van der Waals surface area contributed by atoms with Gasteiger partial charge >= 0.3 is 0 Å². The van der Waals surface area contributed by atoms with Gasteiger partial charge in [0.2, 0.25) is 5.91 Å².